The first-order valence-electron chi connectivity index (χ1n) is 0.258. The van der Waals surface area contributed by atoms with Crippen LogP contribution in [0.2, 0.25) is 0 Å². The molecule has 1 unspecified atom stereocenters. The Kier molecular flexibility index (Phi) is 96.8. The van der Waals surface area contributed by atoms with Gasteiger partial charge >= 0.3 is 0 Å². The quantitative estimate of drug-likeness (QED) is 0.372. The molecule has 0 heterocycles. The molecule has 0 amide bonds. The van der Waals surface area contributed by atoms with E-state index < -0.39 is 0 Å². The molecule has 4 heteroatoms. The van der Waals surface area contributed by atoms with Gasteiger partial charge in [-0.15, -0.1) is 0 Å². The predicted molar refractivity (Wildman–Crippen MR) is 11.9 cm³/mol. The number of hydrogen-bond donors (Lipinski definition) is 1. The van der Waals surface area contributed by atoms with Crippen molar-refractivity contribution in [3.63, 3.8) is 0 Å². The minimum Gasteiger partial charge on any atom is -0.380 e. The first kappa shape index (κ1) is 17.3. The van der Waals surface area contributed by atoms with Crippen molar-refractivity contribution in [2.45, 2.75) is 0 Å². The fourth-order valence-electron chi connectivity index (χ4n) is 0. The molecule has 0 saturated heterocycles. The van der Waals surface area contributed by atoms with Crippen molar-refractivity contribution in [2.75, 3.05) is 0 Å². The van der Waals surface area contributed by atoms with Gasteiger partial charge in [0.2, 0.25) is 0 Å². The van der Waals surface area contributed by atoms with Crippen molar-refractivity contribution in [1.82, 2.24) is 0 Å². The number of rotatable bonds is 0. The fraction of sp³-hybridized carbons (Fsp3) is 0. The minimum atomic E-state index is 0. The Morgan fingerprint density at radius 3 is 1.25 bits per heavy atom. The summed E-state index contributed by atoms with van der Waals surface area (Å²) in [7, 11) is 1.42. The first-order valence-corrected chi connectivity index (χ1v) is 0.775. The van der Waals surface area contributed by atoms with Gasteiger partial charge in [0.25, 0.3) is 0 Å². The summed E-state index contributed by atoms with van der Waals surface area (Å²) in [6.07, 6.45) is 0. The molecule has 1 N–H and O–H groups in total. The van der Waals surface area contributed by atoms with Crippen molar-refractivity contribution < 1.29 is 45.2 Å². The zero-order valence-electron chi connectivity index (χ0n) is 1.97. The number of hydrogen-bond acceptors (Lipinski definition) is 1. The molecule has 0 aliphatic heterocycles. The minimum absolute atomic E-state index is 0. The van der Waals surface area contributed by atoms with Crippen LogP contribution in [-0.4, -0.2) is 4.89 Å². The summed E-state index contributed by atoms with van der Waals surface area (Å²) >= 11 is 0. The standard InChI is InChI=1S/H3OP.Ti.V/c1-2;;/h1H,2H2;;. The molecule has 0 aliphatic carbocycles. The summed E-state index contributed by atoms with van der Waals surface area (Å²) in [5.74, 6) is 0. The maximum absolute atomic E-state index is 6.92. The van der Waals surface area contributed by atoms with Gasteiger partial charge in [0, 0.05) is 40.3 Å². The Hall–Kier alpha value is 1.69. The van der Waals surface area contributed by atoms with Gasteiger partial charge in [0.1, 0.15) is 0 Å². The predicted octanol–water partition coefficient (Wildman–Crippen LogP) is -0.236. The van der Waals surface area contributed by atoms with E-state index in [-0.39, 0.29) is 40.3 Å². The summed E-state index contributed by atoms with van der Waals surface area (Å²) in [6.45, 7) is 0. The Bertz CT molecular complexity index is 8.00. The molecule has 0 aromatic carbocycles. The van der Waals surface area contributed by atoms with Crippen LogP contribution in [0.1, 0.15) is 0 Å². The molecule has 0 fully saturated rings. The molecule has 0 saturated carbocycles. The third-order valence-electron chi connectivity index (χ3n) is 0. The summed E-state index contributed by atoms with van der Waals surface area (Å²) in [4.78, 5) is 6.92. The molecule has 0 aliphatic rings. The van der Waals surface area contributed by atoms with Crippen LogP contribution in [0.3, 0.4) is 0 Å². The van der Waals surface area contributed by atoms with Crippen LogP contribution in [0, 0.1) is 0 Å². The molecule has 1 nitrogen and oxygen atoms in total. The molecular formula is H3OPTiV. The topological polar surface area (TPSA) is 20.2 Å². The van der Waals surface area contributed by atoms with E-state index in [1.54, 1.807) is 0 Å². The molecule has 1 radical (unpaired) electrons. The van der Waals surface area contributed by atoms with Crippen LogP contribution in [-0.2, 0) is 40.3 Å². The summed E-state index contributed by atoms with van der Waals surface area (Å²) in [5, 5.41) is 0. The molecule has 0 rings (SSSR count). The Morgan fingerprint density at radius 1 is 1.25 bits per heavy atom. The summed E-state index contributed by atoms with van der Waals surface area (Å²) in [6, 6.07) is 0. The van der Waals surface area contributed by atoms with Crippen LogP contribution in [0.15, 0.2) is 0 Å². The second-order valence-corrected chi connectivity index (χ2v) is 0. The third-order valence-corrected chi connectivity index (χ3v) is 0. The maximum atomic E-state index is 6.92. The average molecular weight is 149 g/mol. The molecule has 0 spiro atoms. The Morgan fingerprint density at radius 2 is 1.25 bits per heavy atom. The molecular weight excluding hydrogens is 146 g/mol. The maximum Gasteiger partial charge on any atom is 0 e. The smallest absolute Gasteiger partial charge is 0 e. The molecule has 0 bridgehead atoms. The van der Waals surface area contributed by atoms with Crippen molar-refractivity contribution in [3.05, 3.63) is 0 Å². The molecule has 0 aromatic rings. The second kappa shape index (κ2) is 22.4. The van der Waals surface area contributed by atoms with Gasteiger partial charge in [-0.25, -0.2) is 0 Å². The fourth-order valence-corrected chi connectivity index (χ4v) is 0. The van der Waals surface area contributed by atoms with E-state index in [1.165, 1.54) is 9.47 Å². The molecule has 23 valence electrons. The van der Waals surface area contributed by atoms with Crippen LogP contribution in [0.4, 0.5) is 0 Å². The van der Waals surface area contributed by atoms with Crippen LogP contribution in [0.5, 0.6) is 0 Å². The summed E-state index contributed by atoms with van der Waals surface area (Å²) < 4.78 is 0. The van der Waals surface area contributed by atoms with E-state index in [0.29, 0.717) is 0 Å². The van der Waals surface area contributed by atoms with Gasteiger partial charge in [-0.3, -0.25) is 0 Å². The van der Waals surface area contributed by atoms with Gasteiger partial charge in [-0.05, 0) is 9.47 Å². The average Bonchev–Trinajstić information content (AvgIpc) is 1.00. The van der Waals surface area contributed by atoms with Crippen molar-refractivity contribution in [1.29, 1.82) is 0 Å². The van der Waals surface area contributed by atoms with Gasteiger partial charge in [0.05, 0.1) is 0 Å². The van der Waals surface area contributed by atoms with Crippen LogP contribution < -0.4 is 0 Å². The van der Waals surface area contributed by atoms with Gasteiger partial charge in [0.15, 0.2) is 0 Å². The van der Waals surface area contributed by atoms with E-state index in [9.17, 15) is 0 Å². The molecule has 4 heavy (non-hydrogen) atoms. The van der Waals surface area contributed by atoms with E-state index in [4.69, 9.17) is 4.89 Å². The Balaban J connectivity index is -0.00000000500. The zero-order valence-corrected chi connectivity index (χ0v) is 6.08. The SMILES string of the molecule is OP.[Ti].[V]. The van der Waals surface area contributed by atoms with Crippen LogP contribution in [0.25, 0.3) is 0 Å². The van der Waals surface area contributed by atoms with Gasteiger partial charge < -0.3 is 4.89 Å². The van der Waals surface area contributed by atoms with Gasteiger partial charge in [-0.1, -0.05) is 0 Å². The largest absolute Gasteiger partial charge is 0.380 e. The first-order chi connectivity index (χ1) is 1.00. The van der Waals surface area contributed by atoms with Crippen molar-refractivity contribution >= 4 is 9.47 Å². The summed E-state index contributed by atoms with van der Waals surface area (Å²) in [5.41, 5.74) is 0. The third kappa shape index (κ3) is 9.35. The van der Waals surface area contributed by atoms with Gasteiger partial charge in [-0.2, -0.15) is 0 Å². The second-order valence-electron chi connectivity index (χ2n) is 0. The Labute approximate surface area is 54.6 Å². The zero-order chi connectivity index (χ0) is 2.00. The van der Waals surface area contributed by atoms with Crippen molar-refractivity contribution in [3.8, 4) is 0 Å². The van der Waals surface area contributed by atoms with E-state index in [1.807, 2.05) is 0 Å². The van der Waals surface area contributed by atoms with E-state index in [0.717, 1.165) is 0 Å². The normalized spacial score (nSPS) is 1.50. The van der Waals surface area contributed by atoms with E-state index >= 15 is 0 Å². The molecule has 1 atom stereocenters. The molecule has 0 aromatic heterocycles. The van der Waals surface area contributed by atoms with Crippen LogP contribution >= 0.6 is 9.47 Å². The monoisotopic (exact) mass is 149 g/mol. The van der Waals surface area contributed by atoms with Crippen molar-refractivity contribution in [2.24, 2.45) is 0 Å². The van der Waals surface area contributed by atoms with E-state index in [2.05, 4.69) is 0 Å².